The van der Waals surface area contributed by atoms with Crippen molar-refractivity contribution < 1.29 is 4.92 Å². The third-order valence-corrected chi connectivity index (χ3v) is 2.51. The minimum atomic E-state index is -0.548. The number of nitrogen functional groups attached to an aromatic ring is 1. The molecule has 2 aromatic rings. The molecule has 7 heteroatoms. The van der Waals surface area contributed by atoms with E-state index in [4.69, 9.17) is 5.73 Å². The van der Waals surface area contributed by atoms with Crippen molar-refractivity contribution in [2.45, 2.75) is 0 Å². The number of nitro groups is 1. The highest BCUT2D eigenvalue weighted by molar-refractivity contribution is 9.10. The number of hydrogen-bond acceptors (Lipinski definition) is 5. The van der Waals surface area contributed by atoms with E-state index in [1.165, 1.54) is 18.5 Å². The topological polar surface area (TPSA) is 94.9 Å². The minimum Gasteiger partial charge on any atom is -0.391 e. The summed E-state index contributed by atoms with van der Waals surface area (Å²) < 4.78 is 0.304. The molecule has 0 saturated carbocycles. The molecule has 0 aliphatic rings. The highest BCUT2D eigenvalue weighted by atomic mass is 79.9. The first-order valence-corrected chi connectivity index (χ1v) is 4.73. The number of halogens is 1. The molecule has 0 amide bonds. The van der Waals surface area contributed by atoms with Crippen molar-refractivity contribution in [2.75, 3.05) is 5.73 Å². The molecular weight excluding hydrogens is 264 g/mol. The first-order chi connectivity index (χ1) is 7.11. The molecule has 0 aliphatic carbocycles. The van der Waals surface area contributed by atoms with E-state index in [9.17, 15) is 10.1 Å². The molecule has 0 bridgehead atoms. The summed E-state index contributed by atoms with van der Waals surface area (Å²) >= 11 is 3.08. The van der Waals surface area contributed by atoms with E-state index in [0.717, 1.165) is 0 Å². The number of fused-ring (bicyclic) bond motifs is 1. The fraction of sp³-hybridized carbons (Fsp3) is 0. The van der Waals surface area contributed by atoms with Crippen LogP contribution >= 0.6 is 15.9 Å². The number of rotatable bonds is 1. The maximum absolute atomic E-state index is 10.7. The Morgan fingerprint density at radius 1 is 1.40 bits per heavy atom. The summed E-state index contributed by atoms with van der Waals surface area (Å²) in [5.41, 5.74) is 6.36. The van der Waals surface area contributed by atoms with E-state index in [-0.39, 0.29) is 11.4 Å². The predicted molar refractivity (Wildman–Crippen MR) is 58.3 cm³/mol. The number of nitrogens with two attached hydrogens (primary N) is 1. The van der Waals surface area contributed by atoms with Gasteiger partial charge >= 0.3 is 5.69 Å². The average Bonchev–Trinajstić information content (AvgIpc) is 2.17. The van der Waals surface area contributed by atoms with Crippen LogP contribution in [0.15, 0.2) is 22.9 Å². The van der Waals surface area contributed by atoms with Crippen LogP contribution in [0.2, 0.25) is 0 Å². The van der Waals surface area contributed by atoms with Gasteiger partial charge < -0.3 is 5.73 Å². The Bertz CT molecular complexity index is 558. The van der Waals surface area contributed by atoms with E-state index in [1.54, 1.807) is 0 Å². The first kappa shape index (κ1) is 9.78. The van der Waals surface area contributed by atoms with E-state index < -0.39 is 4.92 Å². The zero-order valence-electron chi connectivity index (χ0n) is 7.35. The van der Waals surface area contributed by atoms with Crippen molar-refractivity contribution >= 4 is 38.3 Å². The van der Waals surface area contributed by atoms with Crippen LogP contribution in [-0.2, 0) is 0 Å². The second-order valence-electron chi connectivity index (χ2n) is 2.80. The molecule has 76 valence electrons. The molecule has 0 radical (unpaired) electrons. The Morgan fingerprint density at radius 3 is 2.73 bits per heavy atom. The molecule has 1 aromatic heterocycles. The molecule has 0 aliphatic heterocycles. The molecule has 15 heavy (non-hydrogen) atoms. The second-order valence-corrected chi connectivity index (χ2v) is 3.66. The number of nitro benzene ring substituents is 1. The average molecular weight is 269 g/mol. The fourth-order valence-electron chi connectivity index (χ4n) is 1.28. The summed E-state index contributed by atoms with van der Waals surface area (Å²) in [5, 5.41) is 10.7. The summed E-state index contributed by atoms with van der Waals surface area (Å²) in [6, 6.07) is 1.52. The molecule has 1 heterocycles. The molecule has 0 spiro atoms. The molecule has 2 rings (SSSR count). The van der Waals surface area contributed by atoms with E-state index in [1.807, 2.05) is 0 Å². The highest BCUT2D eigenvalue weighted by Crippen LogP contribution is 2.35. The summed E-state index contributed by atoms with van der Waals surface area (Å²) in [5.74, 6) is 0. The number of anilines is 1. The third kappa shape index (κ3) is 1.50. The van der Waals surface area contributed by atoms with Gasteiger partial charge in [-0.2, -0.15) is 0 Å². The maximum Gasteiger partial charge on any atom is 0.308 e. The number of nitrogens with zero attached hydrogens (tertiary/aromatic N) is 3. The quantitative estimate of drug-likeness (QED) is 0.484. The van der Waals surface area contributed by atoms with Crippen LogP contribution in [0, 0.1) is 10.1 Å². The summed E-state index contributed by atoms with van der Waals surface area (Å²) in [4.78, 5) is 18.1. The lowest BCUT2D eigenvalue weighted by molar-refractivity contribution is -0.384. The normalized spacial score (nSPS) is 10.5. The Kier molecular flexibility index (Phi) is 2.24. The number of benzene rings is 1. The van der Waals surface area contributed by atoms with Gasteiger partial charge in [0.2, 0.25) is 0 Å². The number of hydrogen-bond donors (Lipinski definition) is 1. The molecular formula is C8H5BrN4O2. The van der Waals surface area contributed by atoms with Gasteiger partial charge in [0.1, 0.15) is 11.2 Å². The highest BCUT2D eigenvalue weighted by Gasteiger charge is 2.20. The van der Waals surface area contributed by atoms with Crippen molar-refractivity contribution in [3.63, 3.8) is 0 Å². The minimum absolute atomic E-state index is 0.0254. The van der Waals surface area contributed by atoms with Gasteiger partial charge in [0.25, 0.3) is 0 Å². The second kappa shape index (κ2) is 3.43. The smallest absolute Gasteiger partial charge is 0.308 e. The first-order valence-electron chi connectivity index (χ1n) is 3.94. The standard InChI is InChI=1S/C8H5BrN4O2/c9-4-3-5-7(12-2-1-11-5)6(10)8(4)13(14)15/h1-3H,10H2. The lowest BCUT2D eigenvalue weighted by atomic mass is 10.2. The van der Waals surface area contributed by atoms with Crippen LogP contribution in [0.1, 0.15) is 0 Å². The van der Waals surface area contributed by atoms with Gasteiger partial charge in [-0.1, -0.05) is 0 Å². The summed E-state index contributed by atoms with van der Waals surface area (Å²) in [7, 11) is 0. The zero-order valence-corrected chi connectivity index (χ0v) is 8.93. The fourth-order valence-corrected chi connectivity index (χ4v) is 1.85. The van der Waals surface area contributed by atoms with Gasteiger partial charge in [0.15, 0.2) is 0 Å². The van der Waals surface area contributed by atoms with Crippen LogP contribution in [0.25, 0.3) is 11.0 Å². The largest absolute Gasteiger partial charge is 0.391 e. The molecule has 2 N–H and O–H groups in total. The molecule has 0 atom stereocenters. The van der Waals surface area contributed by atoms with E-state index >= 15 is 0 Å². The SMILES string of the molecule is Nc1c([N+](=O)[O-])c(Br)cc2nccnc12. The van der Waals surface area contributed by atoms with Gasteiger partial charge in [-0.3, -0.25) is 20.1 Å². The van der Waals surface area contributed by atoms with Gasteiger partial charge in [-0.05, 0) is 22.0 Å². The van der Waals surface area contributed by atoms with Crippen LogP contribution in [0.5, 0.6) is 0 Å². The van der Waals surface area contributed by atoms with Gasteiger partial charge in [-0.15, -0.1) is 0 Å². The maximum atomic E-state index is 10.7. The van der Waals surface area contributed by atoms with Gasteiger partial charge in [0.05, 0.1) is 14.9 Å². The van der Waals surface area contributed by atoms with Crippen LogP contribution in [0.3, 0.4) is 0 Å². The Balaban J connectivity index is 2.90. The Morgan fingerprint density at radius 2 is 2.07 bits per heavy atom. The molecule has 0 unspecified atom stereocenters. The number of aromatic nitrogens is 2. The monoisotopic (exact) mass is 268 g/mol. The lowest BCUT2D eigenvalue weighted by Crippen LogP contribution is -1.99. The van der Waals surface area contributed by atoms with E-state index in [0.29, 0.717) is 15.5 Å². The molecule has 0 saturated heterocycles. The summed E-state index contributed by atoms with van der Waals surface area (Å²) in [6.45, 7) is 0. The van der Waals surface area contributed by atoms with Crippen LogP contribution in [-0.4, -0.2) is 14.9 Å². The van der Waals surface area contributed by atoms with Crippen molar-refractivity contribution in [1.29, 1.82) is 0 Å². The summed E-state index contributed by atoms with van der Waals surface area (Å²) in [6.07, 6.45) is 2.94. The zero-order chi connectivity index (χ0) is 11.0. The lowest BCUT2D eigenvalue weighted by Gasteiger charge is -2.02. The van der Waals surface area contributed by atoms with E-state index in [2.05, 4.69) is 25.9 Å². The Hall–Kier alpha value is -1.76. The van der Waals surface area contributed by atoms with Crippen molar-refractivity contribution in [3.05, 3.63) is 33.0 Å². The predicted octanol–water partition coefficient (Wildman–Crippen LogP) is 1.88. The van der Waals surface area contributed by atoms with Gasteiger partial charge in [0, 0.05) is 12.4 Å². The van der Waals surface area contributed by atoms with Crippen LogP contribution < -0.4 is 5.73 Å². The van der Waals surface area contributed by atoms with Crippen LogP contribution in [0.4, 0.5) is 11.4 Å². The van der Waals surface area contributed by atoms with Gasteiger partial charge in [-0.25, -0.2) is 0 Å². The van der Waals surface area contributed by atoms with Crippen molar-refractivity contribution in [3.8, 4) is 0 Å². The molecule has 1 aromatic carbocycles. The molecule has 0 fully saturated rings. The van der Waals surface area contributed by atoms with Crippen molar-refractivity contribution in [1.82, 2.24) is 9.97 Å². The third-order valence-electron chi connectivity index (χ3n) is 1.91. The Labute approximate surface area is 92.4 Å². The molecule has 6 nitrogen and oxygen atoms in total. The van der Waals surface area contributed by atoms with Crippen molar-refractivity contribution in [2.24, 2.45) is 0 Å².